The third-order valence-electron chi connectivity index (χ3n) is 5.40. The Morgan fingerprint density at radius 3 is 2.13 bits per heavy atom. The minimum absolute atomic E-state index is 0.0261. The van der Waals surface area contributed by atoms with Crippen LogP contribution in [-0.4, -0.2) is 59.9 Å². The Kier molecular flexibility index (Phi) is 8.88. The molecular formula is C25H24ClF6N5O. The van der Waals surface area contributed by atoms with E-state index in [4.69, 9.17) is 11.6 Å². The first-order valence-corrected chi connectivity index (χ1v) is 11.6. The molecule has 6 nitrogen and oxygen atoms in total. The Morgan fingerprint density at radius 2 is 1.58 bits per heavy atom. The van der Waals surface area contributed by atoms with E-state index in [0.717, 1.165) is 4.90 Å². The van der Waals surface area contributed by atoms with Gasteiger partial charge in [0.1, 0.15) is 0 Å². The summed E-state index contributed by atoms with van der Waals surface area (Å²) >= 11 is 6.34. The molecule has 1 amide bonds. The highest BCUT2D eigenvalue weighted by Gasteiger charge is 2.37. The molecule has 0 aliphatic heterocycles. The SMILES string of the molecule is CN(C)CCNc1ncc(C(=O)N(C)Cc2cc(C(F)(F)F)cc(C(F)(F)F)c2)c(-c2ccccc2Cl)n1. The average molecular weight is 560 g/mol. The van der Waals surface area contributed by atoms with E-state index in [9.17, 15) is 31.1 Å². The van der Waals surface area contributed by atoms with Gasteiger partial charge in [0.2, 0.25) is 5.95 Å². The van der Waals surface area contributed by atoms with Gasteiger partial charge in [-0.25, -0.2) is 9.97 Å². The number of hydrogen-bond acceptors (Lipinski definition) is 5. The van der Waals surface area contributed by atoms with Crippen molar-refractivity contribution in [3.8, 4) is 11.3 Å². The van der Waals surface area contributed by atoms with Crippen LogP contribution in [0, 0.1) is 0 Å². The van der Waals surface area contributed by atoms with E-state index in [2.05, 4.69) is 15.3 Å². The summed E-state index contributed by atoms with van der Waals surface area (Å²) in [6.07, 6.45) is -8.76. The number of carbonyl (C=O) groups is 1. The normalized spacial score (nSPS) is 12.1. The summed E-state index contributed by atoms with van der Waals surface area (Å²) in [5.74, 6) is -0.501. The lowest BCUT2D eigenvalue weighted by Gasteiger charge is -2.21. The highest BCUT2D eigenvalue weighted by Crippen LogP contribution is 2.37. The molecule has 3 rings (SSSR count). The fourth-order valence-electron chi connectivity index (χ4n) is 3.54. The van der Waals surface area contributed by atoms with Gasteiger partial charge < -0.3 is 15.1 Å². The molecule has 3 aromatic rings. The monoisotopic (exact) mass is 559 g/mol. The number of rotatable bonds is 8. The molecule has 38 heavy (non-hydrogen) atoms. The molecule has 0 spiro atoms. The van der Waals surface area contributed by atoms with Crippen LogP contribution in [0.5, 0.6) is 0 Å². The molecule has 2 aromatic carbocycles. The average Bonchev–Trinajstić information content (AvgIpc) is 2.82. The van der Waals surface area contributed by atoms with Crippen molar-refractivity contribution >= 4 is 23.5 Å². The molecule has 0 saturated heterocycles. The van der Waals surface area contributed by atoms with E-state index in [1.807, 2.05) is 19.0 Å². The summed E-state index contributed by atoms with van der Waals surface area (Å²) in [6, 6.07) is 7.80. The van der Waals surface area contributed by atoms with Crippen molar-refractivity contribution in [2.24, 2.45) is 0 Å². The summed E-state index contributed by atoms with van der Waals surface area (Å²) in [5.41, 5.74) is -2.72. The van der Waals surface area contributed by atoms with Crippen molar-refractivity contribution in [3.05, 3.63) is 75.9 Å². The molecule has 1 N–H and O–H groups in total. The highest BCUT2D eigenvalue weighted by atomic mass is 35.5. The number of nitrogens with one attached hydrogen (secondary N) is 1. The molecule has 0 fully saturated rings. The fourth-order valence-corrected chi connectivity index (χ4v) is 3.76. The van der Waals surface area contributed by atoms with Crippen molar-refractivity contribution in [1.29, 1.82) is 0 Å². The number of alkyl halides is 6. The first kappa shape index (κ1) is 29.2. The Hall–Kier alpha value is -3.38. The van der Waals surface area contributed by atoms with Crippen LogP contribution in [0.25, 0.3) is 11.3 Å². The molecule has 0 saturated carbocycles. The molecule has 0 aliphatic rings. The number of halogens is 7. The number of anilines is 1. The Morgan fingerprint density at radius 1 is 0.974 bits per heavy atom. The number of benzene rings is 2. The van der Waals surface area contributed by atoms with Gasteiger partial charge in [-0.1, -0.05) is 29.8 Å². The second-order valence-corrected chi connectivity index (χ2v) is 9.15. The van der Waals surface area contributed by atoms with Crippen LogP contribution >= 0.6 is 11.6 Å². The molecule has 1 heterocycles. The topological polar surface area (TPSA) is 61.4 Å². The molecule has 0 bridgehead atoms. The van der Waals surface area contributed by atoms with Gasteiger partial charge in [-0.2, -0.15) is 26.3 Å². The molecule has 0 aliphatic carbocycles. The third-order valence-corrected chi connectivity index (χ3v) is 5.73. The van der Waals surface area contributed by atoms with Crippen molar-refractivity contribution in [2.75, 3.05) is 39.5 Å². The van der Waals surface area contributed by atoms with Crippen LogP contribution in [-0.2, 0) is 18.9 Å². The van der Waals surface area contributed by atoms with Gasteiger partial charge in [-0.05, 0) is 43.9 Å². The first-order valence-electron chi connectivity index (χ1n) is 11.2. The molecule has 204 valence electrons. The van der Waals surface area contributed by atoms with E-state index in [-0.39, 0.29) is 33.9 Å². The maximum absolute atomic E-state index is 13.4. The van der Waals surface area contributed by atoms with Crippen LogP contribution in [0.1, 0.15) is 27.0 Å². The van der Waals surface area contributed by atoms with Gasteiger partial charge in [-0.3, -0.25) is 4.79 Å². The van der Waals surface area contributed by atoms with E-state index >= 15 is 0 Å². The minimum atomic E-state index is -5.00. The van der Waals surface area contributed by atoms with Crippen LogP contribution in [0.4, 0.5) is 32.3 Å². The lowest BCUT2D eigenvalue weighted by Crippen LogP contribution is -2.28. The first-order chi connectivity index (χ1) is 17.7. The van der Waals surface area contributed by atoms with Crippen molar-refractivity contribution in [3.63, 3.8) is 0 Å². The number of nitrogens with zero attached hydrogens (tertiary/aromatic N) is 4. The van der Waals surface area contributed by atoms with E-state index in [1.54, 1.807) is 24.3 Å². The Balaban J connectivity index is 1.98. The summed E-state index contributed by atoms with van der Waals surface area (Å²) in [5, 5.41) is 3.32. The van der Waals surface area contributed by atoms with Gasteiger partial charge in [0.25, 0.3) is 5.91 Å². The zero-order valence-electron chi connectivity index (χ0n) is 20.6. The second kappa shape index (κ2) is 11.6. The fraction of sp³-hybridized carbons (Fsp3) is 0.320. The summed E-state index contributed by atoms with van der Waals surface area (Å²) in [4.78, 5) is 24.9. The van der Waals surface area contributed by atoms with Gasteiger partial charge in [-0.15, -0.1) is 0 Å². The van der Waals surface area contributed by atoms with Gasteiger partial charge in [0.15, 0.2) is 0 Å². The lowest BCUT2D eigenvalue weighted by atomic mass is 10.0. The second-order valence-electron chi connectivity index (χ2n) is 8.74. The maximum atomic E-state index is 13.4. The Bertz CT molecular complexity index is 1260. The van der Waals surface area contributed by atoms with Crippen LogP contribution in [0.15, 0.2) is 48.7 Å². The standard InChI is InChI=1S/C25H24ClF6N5O/c1-36(2)9-8-33-23-34-13-19(21(35-23)18-6-4-5-7-20(18)26)22(38)37(3)14-15-10-16(24(27,28)29)12-17(11-15)25(30,31)32/h4-7,10-13H,8-9,14H2,1-3H3,(H,33,34,35). The molecule has 0 radical (unpaired) electrons. The molecule has 0 atom stereocenters. The number of carbonyl (C=O) groups excluding carboxylic acids is 1. The summed E-state index contributed by atoms with van der Waals surface area (Å²) in [7, 11) is 5.03. The van der Waals surface area contributed by atoms with Crippen LogP contribution in [0.3, 0.4) is 0 Å². The minimum Gasteiger partial charge on any atom is -0.353 e. The number of likely N-dealkylation sites (N-methyl/N-ethyl adjacent to an activating group) is 1. The molecule has 0 unspecified atom stereocenters. The van der Waals surface area contributed by atoms with Crippen molar-refractivity contribution in [2.45, 2.75) is 18.9 Å². The number of hydrogen-bond donors (Lipinski definition) is 1. The molecular weight excluding hydrogens is 536 g/mol. The quantitative estimate of drug-likeness (QED) is 0.339. The number of amides is 1. The Labute approximate surface area is 220 Å². The van der Waals surface area contributed by atoms with Crippen molar-refractivity contribution < 1.29 is 31.1 Å². The van der Waals surface area contributed by atoms with Crippen molar-refractivity contribution in [1.82, 2.24) is 19.8 Å². The summed E-state index contributed by atoms with van der Waals surface area (Å²) < 4.78 is 79.6. The number of aromatic nitrogens is 2. The molecule has 13 heteroatoms. The zero-order chi connectivity index (χ0) is 28.3. The third kappa shape index (κ3) is 7.35. The smallest absolute Gasteiger partial charge is 0.353 e. The predicted octanol–water partition coefficient (Wildman–Crippen LogP) is 6.08. The van der Waals surface area contributed by atoms with Gasteiger partial charge >= 0.3 is 12.4 Å². The predicted molar refractivity (Wildman–Crippen MR) is 132 cm³/mol. The largest absolute Gasteiger partial charge is 0.416 e. The van der Waals surface area contributed by atoms with Gasteiger partial charge in [0, 0.05) is 43.5 Å². The van der Waals surface area contributed by atoms with E-state index in [0.29, 0.717) is 30.8 Å². The summed E-state index contributed by atoms with van der Waals surface area (Å²) in [6.45, 7) is 0.640. The molecule has 1 aromatic heterocycles. The van der Waals surface area contributed by atoms with E-state index in [1.165, 1.54) is 13.2 Å². The zero-order valence-corrected chi connectivity index (χ0v) is 21.3. The van der Waals surface area contributed by atoms with Crippen LogP contribution in [0.2, 0.25) is 5.02 Å². The van der Waals surface area contributed by atoms with Gasteiger partial charge in [0.05, 0.1) is 22.4 Å². The van der Waals surface area contributed by atoms with E-state index < -0.39 is 35.9 Å². The van der Waals surface area contributed by atoms with Crippen LogP contribution < -0.4 is 5.32 Å². The lowest BCUT2D eigenvalue weighted by molar-refractivity contribution is -0.143. The highest BCUT2D eigenvalue weighted by molar-refractivity contribution is 6.33. The maximum Gasteiger partial charge on any atom is 0.416 e.